The van der Waals surface area contributed by atoms with Gasteiger partial charge in [-0.25, -0.2) is 0 Å². The molecule has 20 heavy (non-hydrogen) atoms. The number of hydrogen-bond donors (Lipinski definition) is 1. The van der Waals surface area contributed by atoms with E-state index in [-0.39, 0.29) is 6.04 Å². The Hall–Kier alpha value is -0.680. The number of benzene rings is 1. The maximum Gasteiger partial charge on any atom is 0.0476 e. The average molecular weight is 353 g/mol. The van der Waals surface area contributed by atoms with Crippen molar-refractivity contribution >= 4 is 27.3 Å². The lowest BCUT2D eigenvalue weighted by atomic mass is 9.95. The van der Waals surface area contributed by atoms with E-state index in [2.05, 4.69) is 71.4 Å². The second-order valence-electron chi connectivity index (χ2n) is 5.20. The van der Waals surface area contributed by atoms with Crippen LogP contribution in [0.25, 0.3) is 0 Å². The number of halogens is 1. The maximum atomic E-state index is 6.05. The van der Waals surface area contributed by atoms with Gasteiger partial charge < -0.3 is 5.73 Å². The molecule has 0 saturated carbocycles. The van der Waals surface area contributed by atoms with Crippen LogP contribution in [0.1, 0.15) is 27.6 Å². The normalized spacial score (nSPS) is 12.9. The van der Waals surface area contributed by atoms with Crippen LogP contribution in [0.2, 0.25) is 0 Å². The molecule has 0 aliphatic rings. The molecule has 1 unspecified atom stereocenters. The lowest BCUT2D eigenvalue weighted by Crippen LogP contribution is -2.31. The summed E-state index contributed by atoms with van der Waals surface area (Å²) in [7, 11) is 2.15. The van der Waals surface area contributed by atoms with E-state index in [9.17, 15) is 0 Å². The fourth-order valence-electron chi connectivity index (χ4n) is 2.66. The summed E-state index contributed by atoms with van der Waals surface area (Å²) in [4.78, 5) is 3.69. The van der Waals surface area contributed by atoms with Crippen molar-refractivity contribution in [1.29, 1.82) is 0 Å². The van der Waals surface area contributed by atoms with Gasteiger partial charge in [-0.3, -0.25) is 4.90 Å². The molecule has 0 bridgehead atoms. The molecule has 2 aromatic rings. The Bertz CT molecular complexity index is 559. The molecule has 1 heterocycles. The first-order chi connectivity index (χ1) is 9.52. The molecular formula is C16H21BrN2S. The number of aryl methyl sites for hydroxylation is 2. The first-order valence-corrected chi connectivity index (χ1v) is 8.39. The summed E-state index contributed by atoms with van der Waals surface area (Å²) in [6, 6.07) is 8.88. The summed E-state index contributed by atoms with van der Waals surface area (Å²) in [6.45, 7) is 5.89. The lowest BCUT2D eigenvalue weighted by molar-refractivity contribution is 0.242. The molecule has 2 nitrogen and oxygen atoms in total. The minimum atomic E-state index is 0.261. The average Bonchev–Trinajstić information content (AvgIpc) is 2.79. The highest BCUT2D eigenvalue weighted by Crippen LogP contribution is 2.28. The van der Waals surface area contributed by atoms with Crippen molar-refractivity contribution in [1.82, 2.24) is 4.90 Å². The minimum Gasteiger partial charge on any atom is -0.329 e. The van der Waals surface area contributed by atoms with Crippen molar-refractivity contribution in [2.75, 3.05) is 13.6 Å². The third-order valence-corrected chi connectivity index (χ3v) is 5.34. The molecule has 0 saturated heterocycles. The molecule has 0 fully saturated rings. The van der Waals surface area contributed by atoms with Crippen LogP contribution in [0.3, 0.4) is 0 Å². The highest BCUT2D eigenvalue weighted by atomic mass is 79.9. The third-order valence-electron chi connectivity index (χ3n) is 3.66. The Morgan fingerprint density at radius 2 is 1.95 bits per heavy atom. The highest BCUT2D eigenvalue weighted by molar-refractivity contribution is 9.10. The van der Waals surface area contributed by atoms with Gasteiger partial charge in [0.05, 0.1) is 0 Å². The number of nitrogens with zero attached hydrogens (tertiary/aromatic N) is 1. The predicted octanol–water partition coefficient (Wildman–Crippen LogP) is 4.26. The van der Waals surface area contributed by atoms with Gasteiger partial charge in [0.15, 0.2) is 0 Å². The molecular weight excluding hydrogens is 332 g/mol. The van der Waals surface area contributed by atoms with E-state index >= 15 is 0 Å². The molecule has 1 atom stereocenters. The van der Waals surface area contributed by atoms with Crippen LogP contribution in [0.4, 0.5) is 0 Å². The molecule has 4 heteroatoms. The minimum absolute atomic E-state index is 0.261. The van der Waals surface area contributed by atoms with Gasteiger partial charge in [-0.05, 0) is 59.6 Å². The van der Waals surface area contributed by atoms with Gasteiger partial charge in [0, 0.05) is 33.9 Å². The number of likely N-dealkylation sites (N-methyl/N-ethyl adjacent to an activating group) is 1. The smallest absolute Gasteiger partial charge is 0.0476 e. The molecule has 0 aliphatic heterocycles. The van der Waals surface area contributed by atoms with Crippen LogP contribution in [-0.2, 0) is 6.54 Å². The Morgan fingerprint density at radius 1 is 1.30 bits per heavy atom. The Balaban J connectivity index is 2.23. The Labute approximate surface area is 133 Å². The van der Waals surface area contributed by atoms with Gasteiger partial charge in [-0.1, -0.05) is 18.2 Å². The fourth-order valence-corrected chi connectivity index (χ4v) is 4.18. The quantitative estimate of drug-likeness (QED) is 0.870. The van der Waals surface area contributed by atoms with Crippen LogP contribution in [0.15, 0.2) is 34.1 Å². The van der Waals surface area contributed by atoms with Crippen molar-refractivity contribution in [3.8, 4) is 0 Å². The van der Waals surface area contributed by atoms with Gasteiger partial charge in [0.1, 0.15) is 0 Å². The second kappa shape index (κ2) is 6.85. The van der Waals surface area contributed by atoms with Gasteiger partial charge in [-0.2, -0.15) is 0 Å². The Kier molecular flexibility index (Phi) is 5.38. The van der Waals surface area contributed by atoms with Crippen molar-refractivity contribution in [3.05, 3.63) is 55.7 Å². The van der Waals surface area contributed by atoms with Gasteiger partial charge in [0.2, 0.25) is 0 Å². The summed E-state index contributed by atoms with van der Waals surface area (Å²) in [5.41, 5.74) is 10.1. The standard InChI is InChI=1S/C16H21BrN2S/c1-11-5-4-6-12(2)16(11)15(8-18)19(3)9-14-7-13(17)10-20-14/h4-7,10,15H,8-9,18H2,1-3H3. The fraction of sp³-hybridized carbons (Fsp3) is 0.375. The van der Waals surface area contributed by atoms with Crippen LogP contribution in [0, 0.1) is 13.8 Å². The molecule has 2 N–H and O–H groups in total. The molecule has 0 amide bonds. The number of nitrogens with two attached hydrogens (primary N) is 1. The van der Waals surface area contributed by atoms with E-state index in [4.69, 9.17) is 5.73 Å². The topological polar surface area (TPSA) is 29.3 Å². The van der Waals surface area contributed by atoms with Crippen LogP contribution < -0.4 is 5.73 Å². The molecule has 2 rings (SSSR count). The van der Waals surface area contributed by atoms with E-state index in [0.29, 0.717) is 6.54 Å². The molecule has 0 radical (unpaired) electrons. The van der Waals surface area contributed by atoms with Gasteiger partial charge in [-0.15, -0.1) is 11.3 Å². The van der Waals surface area contributed by atoms with Crippen LogP contribution >= 0.6 is 27.3 Å². The number of thiophene rings is 1. The van der Waals surface area contributed by atoms with Gasteiger partial charge in [0.25, 0.3) is 0 Å². The summed E-state index contributed by atoms with van der Waals surface area (Å²) in [5, 5.41) is 2.12. The number of rotatable bonds is 5. The maximum absolute atomic E-state index is 6.05. The largest absolute Gasteiger partial charge is 0.329 e. The van der Waals surface area contributed by atoms with E-state index < -0.39 is 0 Å². The number of hydrogen-bond acceptors (Lipinski definition) is 3. The summed E-state index contributed by atoms with van der Waals surface area (Å²) in [6.07, 6.45) is 0. The van der Waals surface area contributed by atoms with Crippen LogP contribution in [-0.4, -0.2) is 18.5 Å². The second-order valence-corrected chi connectivity index (χ2v) is 7.11. The van der Waals surface area contributed by atoms with Crippen molar-refractivity contribution in [2.24, 2.45) is 5.73 Å². The first-order valence-electron chi connectivity index (χ1n) is 6.72. The van der Waals surface area contributed by atoms with E-state index in [1.807, 2.05) is 0 Å². The lowest BCUT2D eigenvalue weighted by Gasteiger charge is -2.29. The zero-order valence-electron chi connectivity index (χ0n) is 12.2. The Morgan fingerprint density at radius 3 is 2.45 bits per heavy atom. The zero-order chi connectivity index (χ0) is 14.7. The molecule has 0 spiro atoms. The van der Waals surface area contributed by atoms with E-state index in [1.54, 1.807) is 11.3 Å². The summed E-state index contributed by atoms with van der Waals surface area (Å²) in [5.74, 6) is 0. The molecule has 108 valence electrons. The SMILES string of the molecule is Cc1cccc(C)c1C(CN)N(C)Cc1cc(Br)cs1. The van der Waals surface area contributed by atoms with Gasteiger partial charge >= 0.3 is 0 Å². The third kappa shape index (κ3) is 3.50. The highest BCUT2D eigenvalue weighted by Gasteiger charge is 2.19. The molecule has 1 aromatic heterocycles. The van der Waals surface area contributed by atoms with Crippen molar-refractivity contribution < 1.29 is 0 Å². The summed E-state index contributed by atoms with van der Waals surface area (Å²) < 4.78 is 1.15. The van der Waals surface area contributed by atoms with E-state index in [0.717, 1.165) is 11.0 Å². The van der Waals surface area contributed by atoms with Crippen molar-refractivity contribution in [3.63, 3.8) is 0 Å². The van der Waals surface area contributed by atoms with Crippen molar-refractivity contribution in [2.45, 2.75) is 26.4 Å². The zero-order valence-corrected chi connectivity index (χ0v) is 14.6. The molecule has 0 aliphatic carbocycles. The first kappa shape index (κ1) is 15.7. The van der Waals surface area contributed by atoms with E-state index in [1.165, 1.54) is 21.6 Å². The molecule has 1 aromatic carbocycles. The predicted molar refractivity (Wildman–Crippen MR) is 91.2 cm³/mol. The summed E-state index contributed by atoms with van der Waals surface area (Å²) >= 11 is 5.29. The monoisotopic (exact) mass is 352 g/mol. The van der Waals surface area contributed by atoms with Crippen LogP contribution in [0.5, 0.6) is 0 Å².